The molecular formula is C19H19F3N2O3. The largest absolute Gasteiger partial charge is 0.416 e. The first kappa shape index (κ1) is 20.4. The second-order valence-electron chi connectivity index (χ2n) is 6.01. The van der Waals surface area contributed by atoms with Gasteiger partial charge in [0.25, 0.3) is 5.91 Å². The molecular weight excluding hydrogens is 361 g/mol. The number of nitrogens with two attached hydrogens (primary N) is 1. The van der Waals surface area contributed by atoms with Gasteiger partial charge in [0.15, 0.2) is 6.10 Å². The molecule has 0 aliphatic rings. The number of aryl methyl sites for hydroxylation is 1. The Kier molecular flexibility index (Phi) is 6.57. The highest BCUT2D eigenvalue weighted by Gasteiger charge is 2.31. The van der Waals surface area contributed by atoms with E-state index in [0.29, 0.717) is 6.42 Å². The van der Waals surface area contributed by atoms with Gasteiger partial charge >= 0.3 is 6.18 Å². The quantitative estimate of drug-likeness (QED) is 0.688. The third kappa shape index (κ3) is 5.82. The van der Waals surface area contributed by atoms with Crippen LogP contribution in [-0.2, 0) is 22.2 Å². The van der Waals surface area contributed by atoms with E-state index in [9.17, 15) is 27.9 Å². The number of aliphatic hydroxyl groups is 1. The van der Waals surface area contributed by atoms with Gasteiger partial charge in [0.1, 0.15) is 6.04 Å². The number of alkyl halides is 3. The fourth-order valence-corrected chi connectivity index (χ4v) is 2.50. The Morgan fingerprint density at radius 1 is 1.04 bits per heavy atom. The first-order valence-corrected chi connectivity index (χ1v) is 8.17. The number of benzene rings is 2. The van der Waals surface area contributed by atoms with Crippen LogP contribution in [0.5, 0.6) is 0 Å². The Hall–Kier alpha value is -2.87. The molecule has 0 saturated carbocycles. The topological polar surface area (TPSA) is 92.4 Å². The van der Waals surface area contributed by atoms with Gasteiger partial charge in [-0.05, 0) is 36.1 Å². The zero-order chi connectivity index (χ0) is 20.0. The smallest absolute Gasteiger partial charge is 0.378 e. The standard InChI is InChI=1S/C19H19F3N2O3/c20-19(21,22)14-9-7-13(8-10-14)16(25)18(27)24-15(17(23)26)11-6-12-4-2-1-3-5-12/h1-5,7-10,15-16,25H,6,11H2,(H2,23,26)(H,24,27)/t15-,16+/m1/s1. The highest BCUT2D eigenvalue weighted by atomic mass is 19.4. The molecule has 2 atom stereocenters. The first-order chi connectivity index (χ1) is 12.7. The van der Waals surface area contributed by atoms with Crippen molar-refractivity contribution in [1.82, 2.24) is 5.32 Å². The molecule has 4 N–H and O–H groups in total. The molecule has 0 saturated heterocycles. The van der Waals surface area contributed by atoms with E-state index >= 15 is 0 Å². The van der Waals surface area contributed by atoms with Crippen molar-refractivity contribution in [3.05, 3.63) is 71.3 Å². The van der Waals surface area contributed by atoms with Crippen LogP contribution < -0.4 is 11.1 Å². The van der Waals surface area contributed by atoms with Gasteiger partial charge in [-0.2, -0.15) is 13.2 Å². The number of nitrogens with one attached hydrogen (secondary N) is 1. The van der Waals surface area contributed by atoms with Crippen molar-refractivity contribution in [3.63, 3.8) is 0 Å². The highest BCUT2D eigenvalue weighted by Crippen LogP contribution is 2.30. The van der Waals surface area contributed by atoms with Gasteiger partial charge in [0, 0.05) is 0 Å². The summed E-state index contributed by atoms with van der Waals surface area (Å²) in [5.41, 5.74) is 5.33. The van der Waals surface area contributed by atoms with E-state index in [1.807, 2.05) is 30.3 Å². The summed E-state index contributed by atoms with van der Waals surface area (Å²) in [6, 6.07) is 11.8. The molecule has 2 amide bonds. The van der Waals surface area contributed by atoms with Crippen molar-refractivity contribution < 1.29 is 27.9 Å². The summed E-state index contributed by atoms with van der Waals surface area (Å²) in [4.78, 5) is 23.7. The van der Waals surface area contributed by atoms with Crippen molar-refractivity contribution in [3.8, 4) is 0 Å². The second-order valence-corrected chi connectivity index (χ2v) is 6.01. The zero-order valence-corrected chi connectivity index (χ0v) is 14.2. The lowest BCUT2D eigenvalue weighted by Crippen LogP contribution is -2.46. The summed E-state index contributed by atoms with van der Waals surface area (Å²) < 4.78 is 37.7. The van der Waals surface area contributed by atoms with Gasteiger partial charge in [-0.15, -0.1) is 0 Å². The molecule has 2 rings (SSSR count). The molecule has 8 heteroatoms. The molecule has 0 aliphatic carbocycles. The Bertz CT molecular complexity index is 777. The number of carbonyl (C=O) groups is 2. The maximum atomic E-state index is 12.6. The van der Waals surface area contributed by atoms with Gasteiger partial charge in [0.05, 0.1) is 5.56 Å². The van der Waals surface area contributed by atoms with Crippen LogP contribution in [0.2, 0.25) is 0 Å². The van der Waals surface area contributed by atoms with Crippen molar-refractivity contribution in [1.29, 1.82) is 0 Å². The van der Waals surface area contributed by atoms with Crippen LogP contribution in [-0.4, -0.2) is 23.0 Å². The van der Waals surface area contributed by atoms with Gasteiger partial charge < -0.3 is 16.2 Å². The summed E-state index contributed by atoms with van der Waals surface area (Å²) in [6.45, 7) is 0. The molecule has 2 aromatic rings. The van der Waals surface area contributed by atoms with E-state index in [1.54, 1.807) is 0 Å². The van der Waals surface area contributed by atoms with Crippen molar-refractivity contribution in [2.75, 3.05) is 0 Å². The summed E-state index contributed by atoms with van der Waals surface area (Å²) in [5, 5.41) is 12.4. The molecule has 27 heavy (non-hydrogen) atoms. The summed E-state index contributed by atoms with van der Waals surface area (Å²) >= 11 is 0. The molecule has 5 nitrogen and oxygen atoms in total. The average Bonchev–Trinajstić information content (AvgIpc) is 2.64. The van der Waals surface area contributed by atoms with Crippen molar-refractivity contribution in [2.24, 2.45) is 5.73 Å². The number of halogens is 3. The Balaban J connectivity index is 2.00. The van der Waals surface area contributed by atoms with Crippen molar-refractivity contribution in [2.45, 2.75) is 31.2 Å². The molecule has 0 aromatic heterocycles. The van der Waals surface area contributed by atoms with Gasteiger partial charge in [-0.3, -0.25) is 9.59 Å². The van der Waals surface area contributed by atoms with E-state index < -0.39 is 35.7 Å². The van der Waals surface area contributed by atoms with Gasteiger partial charge in [-0.1, -0.05) is 42.5 Å². The molecule has 2 aromatic carbocycles. The van der Waals surface area contributed by atoms with E-state index in [2.05, 4.69) is 5.32 Å². The number of rotatable bonds is 7. The molecule has 0 radical (unpaired) electrons. The fraction of sp³-hybridized carbons (Fsp3) is 0.263. The lowest BCUT2D eigenvalue weighted by atomic mass is 10.0. The van der Waals surface area contributed by atoms with E-state index in [1.165, 1.54) is 0 Å². The maximum Gasteiger partial charge on any atom is 0.416 e. The van der Waals surface area contributed by atoms with Crippen LogP contribution in [0.3, 0.4) is 0 Å². The first-order valence-electron chi connectivity index (χ1n) is 8.17. The Morgan fingerprint density at radius 3 is 2.15 bits per heavy atom. The van der Waals surface area contributed by atoms with Crippen LogP contribution in [0, 0.1) is 0 Å². The molecule has 0 bridgehead atoms. The number of primary amides is 1. The third-order valence-electron chi connectivity index (χ3n) is 4.03. The lowest BCUT2D eigenvalue weighted by molar-refractivity contribution is -0.137. The summed E-state index contributed by atoms with van der Waals surface area (Å²) in [6.07, 6.45) is -5.53. The molecule has 0 aliphatic heterocycles. The third-order valence-corrected chi connectivity index (χ3v) is 4.03. The minimum Gasteiger partial charge on any atom is -0.378 e. The Morgan fingerprint density at radius 2 is 1.63 bits per heavy atom. The summed E-state index contributed by atoms with van der Waals surface area (Å²) in [5.74, 6) is -1.68. The van der Waals surface area contributed by atoms with Crippen LogP contribution >= 0.6 is 0 Å². The predicted molar refractivity (Wildman–Crippen MR) is 92.3 cm³/mol. The summed E-state index contributed by atoms with van der Waals surface area (Å²) in [7, 11) is 0. The van der Waals surface area contributed by atoms with E-state index in [4.69, 9.17) is 5.73 Å². The molecule has 0 unspecified atom stereocenters. The zero-order valence-electron chi connectivity index (χ0n) is 14.2. The maximum absolute atomic E-state index is 12.6. The van der Waals surface area contributed by atoms with Gasteiger partial charge in [0.2, 0.25) is 5.91 Å². The highest BCUT2D eigenvalue weighted by molar-refractivity contribution is 5.89. The van der Waals surface area contributed by atoms with Crippen LogP contribution in [0.15, 0.2) is 54.6 Å². The van der Waals surface area contributed by atoms with Gasteiger partial charge in [-0.25, -0.2) is 0 Å². The van der Waals surface area contributed by atoms with Crippen LogP contribution in [0.1, 0.15) is 29.2 Å². The van der Waals surface area contributed by atoms with E-state index in [0.717, 1.165) is 29.8 Å². The second kappa shape index (κ2) is 8.68. The number of hydrogen-bond donors (Lipinski definition) is 3. The molecule has 0 fully saturated rings. The predicted octanol–water partition coefficient (Wildman–Crippen LogP) is 2.34. The normalized spacial score (nSPS) is 13.6. The monoisotopic (exact) mass is 380 g/mol. The van der Waals surface area contributed by atoms with Crippen LogP contribution in [0.25, 0.3) is 0 Å². The fourth-order valence-electron chi connectivity index (χ4n) is 2.50. The van der Waals surface area contributed by atoms with Crippen LogP contribution in [0.4, 0.5) is 13.2 Å². The number of carbonyl (C=O) groups excluding carboxylic acids is 2. The number of aliphatic hydroxyl groups excluding tert-OH is 1. The average molecular weight is 380 g/mol. The SMILES string of the molecule is NC(=O)[C@@H](CCc1ccccc1)NC(=O)[C@@H](O)c1ccc(C(F)(F)F)cc1. The van der Waals surface area contributed by atoms with E-state index in [-0.39, 0.29) is 12.0 Å². The molecule has 144 valence electrons. The minimum absolute atomic E-state index is 0.0215. The molecule has 0 heterocycles. The van der Waals surface area contributed by atoms with Crippen molar-refractivity contribution >= 4 is 11.8 Å². The Labute approximate surface area is 154 Å². The number of amides is 2. The minimum atomic E-state index is -4.51. The number of hydrogen-bond acceptors (Lipinski definition) is 3. The molecule has 0 spiro atoms. The lowest BCUT2D eigenvalue weighted by Gasteiger charge is -2.18.